The Morgan fingerprint density at radius 3 is 2.48 bits per heavy atom. The van der Waals surface area contributed by atoms with Crippen molar-refractivity contribution in [1.82, 2.24) is 25.2 Å². The molecule has 0 radical (unpaired) electrons. The molecule has 0 fully saturated rings. The van der Waals surface area contributed by atoms with E-state index in [-0.39, 0.29) is 10.7 Å². The monoisotopic (exact) mass is 329 g/mol. The van der Waals surface area contributed by atoms with Crippen molar-refractivity contribution in [2.24, 2.45) is 0 Å². The van der Waals surface area contributed by atoms with Crippen LogP contribution in [0.15, 0.2) is 46.2 Å². The first-order valence-electron chi connectivity index (χ1n) is 7.42. The molecule has 0 aliphatic carbocycles. The first-order chi connectivity index (χ1) is 10.9. The molecule has 3 aromatic rings. The van der Waals surface area contributed by atoms with Crippen LogP contribution in [0.2, 0.25) is 0 Å². The number of hydrogen-bond acceptors (Lipinski definition) is 6. The molecule has 2 heterocycles. The van der Waals surface area contributed by atoms with Crippen LogP contribution < -0.4 is 0 Å². The zero-order valence-electron chi connectivity index (χ0n) is 13.6. The van der Waals surface area contributed by atoms with E-state index in [0.717, 1.165) is 11.4 Å². The fourth-order valence-electron chi connectivity index (χ4n) is 1.94. The van der Waals surface area contributed by atoms with Gasteiger partial charge in [0.15, 0.2) is 0 Å². The van der Waals surface area contributed by atoms with Gasteiger partial charge in [0.1, 0.15) is 0 Å². The summed E-state index contributed by atoms with van der Waals surface area (Å²) in [4.78, 5) is 0. The summed E-state index contributed by atoms with van der Waals surface area (Å²) in [5, 5.41) is 17.3. The largest absolute Gasteiger partial charge is 0.415 e. The van der Waals surface area contributed by atoms with Gasteiger partial charge in [-0.25, -0.2) is 4.68 Å². The van der Waals surface area contributed by atoms with Crippen molar-refractivity contribution in [2.45, 2.75) is 43.6 Å². The third-order valence-corrected chi connectivity index (χ3v) is 4.24. The van der Waals surface area contributed by atoms with Gasteiger partial charge in [-0.2, -0.15) is 0 Å². The van der Waals surface area contributed by atoms with Gasteiger partial charge >= 0.3 is 0 Å². The highest BCUT2D eigenvalue weighted by Crippen LogP contribution is 2.34. The van der Waals surface area contributed by atoms with Gasteiger partial charge in [-0.15, -0.1) is 15.3 Å². The molecule has 0 unspecified atom stereocenters. The van der Waals surface area contributed by atoms with Crippen LogP contribution >= 0.6 is 11.8 Å². The fraction of sp³-hybridized carbons (Fsp3) is 0.375. The van der Waals surface area contributed by atoms with Crippen molar-refractivity contribution in [2.75, 3.05) is 0 Å². The predicted molar refractivity (Wildman–Crippen MR) is 88.6 cm³/mol. The molecular weight excluding hydrogens is 310 g/mol. The van der Waals surface area contributed by atoms with Crippen molar-refractivity contribution in [1.29, 1.82) is 0 Å². The summed E-state index contributed by atoms with van der Waals surface area (Å²) in [5.74, 6) is 0.639. The van der Waals surface area contributed by atoms with E-state index in [1.165, 1.54) is 11.8 Å². The van der Waals surface area contributed by atoms with Crippen LogP contribution in [0.4, 0.5) is 0 Å². The second kappa shape index (κ2) is 6.16. The van der Waals surface area contributed by atoms with Crippen molar-refractivity contribution in [3.05, 3.63) is 48.1 Å². The summed E-state index contributed by atoms with van der Waals surface area (Å²) in [6.07, 6.45) is 1.92. The number of para-hydroxylation sites is 1. The molecule has 7 heteroatoms. The molecule has 0 aliphatic rings. The summed E-state index contributed by atoms with van der Waals surface area (Å²) in [5.41, 5.74) is 1.71. The minimum Gasteiger partial charge on any atom is -0.415 e. The Labute approximate surface area is 139 Å². The Kier molecular flexibility index (Phi) is 4.21. The summed E-state index contributed by atoms with van der Waals surface area (Å²) < 4.78 is 7.48. The van der Waals surface area contributed by atoms with Crippen molar-refractivity contribution in [3.63, 3.8) is 0 Å². The first kappa shape index (κ1) is 15.7. The molecule has 2 aromatic heterocycles. The van der Waals surface area contributed by atoms with Crippen LogP contribution in [-0.4, -0.2) is 25.2 Å². The molecule has 0 amide bonds. The average molecular weight is 329 g/mol. The molecule has 23 heavy (non-hydrogen) atoms. The normalized spacial score (nSPS) is 13.2. The Hall–Kier alpha value is -2.15. The quantitative estimate of drug-likeness (QED) is 0.678. The maximum absolute atomic E-state index is 5.72. The van der Waals surface area contributed by atoms with Gasteiger partial charge in [0, 0.05) is 5.41 Å². The van der Waals surface area contributed by atoms with E-state index >= 15 is 0 Å². The fourth-order valence-corrected chi connectivity index (χ4v) is 2.69. The molecule has 0 bridgehead atoms. The topological polar surface area (TPSA) is 69.6 Å². The minimum atomic E-state index is -0.147. The van der Waals surface area contributed by atoms with Gasteiger partial charge in [-0.3, -0.25) is 0 Å². The standard InChI is InChI=1S/C16H19N5OS/c1-11(23-15-19-18-14(22-15)16(2,3)4)13-10-21(20-17-13)12-8-6-5-7-9-12/h5-11H,1-4H3/t11-/m0/s1. The van der Waals surface area contributed by atoms with E-state index in [1.807, 2.05) is 64.2 Å². The lowest BCUT2D eigenvalue weighted by Gasteiger charge is -2.11. The van der Waals surface area contributed by atoms with Crippen molar-refractivity contribution >= 4 is 11.8 Å². The molecule has 0 spiro atoms. The zero-order chi connectivity index (χ0) is 16.4. The number of hydrogen-bond donors (Lipinski definition) is 0. The Balaban J connectivity index is 1.73. The molecule has 120 valence electrons. The molecule has 6 nitrogen and oxygen atoms in total. The highest BCUT2D eigenvalue weighted by atomic mass is 32.2. The summed E-state index contributed by atoms with van der Waals surface area (Å²) in [6, 6.07) is 9.90. The van der Waals surface area contributed by atoms with Crippen LogP contribution in [0, 0.1) is 0 Å². The highest BCUT2D eigenvalue weighted by Gasteiger charge is 2.23. The Morgan fingerprint density at radius 1 is 1.09 bits per heavy atom. The van der Waals surface area contributed by atoms with E-state index in [9.17, 15) is 0 Å². The average Bonchev–Trinajstić information content (AvgIpc) is 3.16. The number of thioether (sulfide) groups is 1. The number of benzene rings is 1. The highest BCUT2D eigenvalue weighted by molar-refractivity contribution is 7.99. The lowest BCUT2D eigenvalue weighted by Crippen LogP contribution is -2.11. The van der Waals surface area contributed by atoms with E-state index < -0.39 is 0 Å². The predicted octanol–water partition coefficient (Wildman–Crippen LogP) is 3.80. The Bertz CT molecular complexity index is 775. The molecule has 1 aromatic carbocycles. The number of rotatable bonds is 4. The van der Waals surface area contributed by atoms with Crippen molar-refractivity contribution < 1.29 is 4.42 Å². The lowest BCUT2D eigenvalue weighted by molar-refractivity contribution is 0.347. The van der Waals surface area contributed by atoms with Gasteiger partial charge in [-0.1, -0.05) is 55.9 Å². The summed E-state index contributed by atoms with van der Waals surface area (Å²) in [7, 11) is 0. The third kappa shape index (κ3) is 3.61. The molecule has 0 aliphatic heterocycles. The van der Waals surface area contributed by atoms with Gasteiger partial charge in [0.25, 0.3) is 5.22 Å². The number of aromatic nitrogens is 5. The van der Waals surface area contributed by atoms with E-state index in [0.29, 0.717) is 11.1 Å². The summed E-state index contributed by atoms with van der Waals surface area (Å²) >= 11 is 1.49. The van der Waals surface area contributed by atoms with Crippen LogP contribution in [0.1, 0.15) is 44.5 Å². The van der Waals surface area contributed by atoms with Crippen LogP contribution in [-0.2, 0) is 5.41 Å². The SMILES string of the molecule is C[C@H](Sc1nnc(C(C)(C)C)o1)c1cn(-c2ccccc2)nn1. The van der Waals surface area contributed by atoms with Gasteiger partial charge in [0.2, 0.25) is 5.89 Å². The molecule has 3 rings (SSSR count). The second-order valence-electron chi connectivity index (χ2n) is 6.31. The molecule has 0 N–H and O–H groups in total. The maximum atomic E-state index is 5.72. The minimum absolute atomic E-state index is 0.0701. The van der Waals surface area contributed by atoms with E-state index in [4.69, 9.17) is 4.42 Å². The maximum Gasteiger partial charge on any atom is 0.277 e. The molecule has 0 saturated heterocycles. The molecular formula is C16H19N5OS. The van der Waals surface area contributed by atoms with Crippen molar-refractivity contribution in [3.8, 4) is 5.69 Å². The van der Waals surface area contributed by atoms with Crippen LogP contribution in [0.5, 0.6) is 0 Å². The summed E-state index contributed by atoms with van der Waals surface area (Å²) in [6.45, 7) is 8.18. The molecule has 1 atom stereocenters. The second-order valence-corrected chi connectivity index (χ2v) is 7.60. The first-order valence-corrected chi connectivity index (χ1v) is 8.30. The van der Waals surface area contributed by atoms with E-state index in [2.05, 4.69) is 20.5 Å². The van der Waals surface area contributed by atoms with E-state index in [1.54, 1.807) is 4.68 Å². The third-order valence-electron chi connectivity index (χ3n) is 3.27. The smallest absolute Gasteiger partial charge is 0.277 e. The molecule has 0 saturated carbocycles. The van der Waals surface area contributed by atoms with Gasteiger partial charge in [0.05, 0.1) is 22.8 Å². The van der Waals surface area contributed by atoms with Crippen LogP contribution in [0.25, 0.3) is 5.69 Å². The number of nitrogens with zero attached hydrogens (tertiary/aromatic N) is 5. The Morgan fingerprint density at radius 2 is 1.83 bits per heavy atom. The van der Waals surface area contributed by atoms with Gasteiger partial charge < -0.3 is 4.42 Å². The lowest BCUT2D eigenvalue weighted by atomic mass is 9.97. The zero-order valence-corrected chi connectivity index (χ0v) is 14.4. The van der Waals surface area contributed by atoms with Gasteiger partial charge in [-0.05, 0) is 19.1 Å². The van der Waals surface area contributed by atoms with Crippen LogP contribution in [0.3, 0.4) is 0 Å².